The lowest BCUT2D eigenvalue weighted by molar-refractivity contribution is -0.136. The minimum atomic E-state index is -1.26. The monoisotopic (exact) mass is 307 g/mol. The number of carbonyl (C=O) groups is 2. The maximum Gasteiger partial charge on any atom is 0.352 e. The molecule has 0 saturated carbocycles. The van der Waals surface area contributed by atoms with Crippen LogP contribution in [0.25, 0.3) is 10.2 Å². The molecule has 2 rings (SSSR count). The highest BCUT2D eigenvalue weighted by molar-refractivity contribution is 7.16. The smallest absolute Gasteiger partial charge is 0.352 e. The van der Waals surface area contributed by atoms with E-state index in [1.54, 1.807) is 4.57 Å². The van der Waals surface area contributed by atoms with Gasteiger partial charge in [-0.15, -0.1) is 10.2 Å². The van der Waals surface area contributed by atoms with Crippen LogP contribution in [0.4, 0.5) is 0 Å². The third-order valence-corrected chi connectivity index (χ3v) is 3.90. The summed E-state index contributed by atoms with van der Waals surface area (Å²) >= 11 is 1.38. The normalized spacial score (nSPS) is 12.8. The van der Waals surface area contributed by atoms with Gasteiger partial charge in [-0.05, 0) is 12.1 Å². The van der Waals surface area contributed by atoms with Crippen molar-refractivity contribution in [3.05, 3.63) is 29.1 Å². The van der Waals surface area contributed by atoms with E-state index in [1.807, 2.05) is 31.3 Å². The van der Waals surface area contributed by atoms with Crippen LogP contribution >= 0.6 is 11.3 Å². The molecule has 0 amide bonds. The van der Waals surface area contributed by atoms with Crippen LogP contribution in [0, 0.1) is 0 Å². The van der Waals surface area contributed by atoms with Crippen LogP contribution in [0.1, 0.15) is 12.8 Å². The van der Waals surface area contributed by atoms with Crippen LogP contribution in [-0.4, -0.2) is 32.4 Å². The Hall–Kier alpha value is -2.48. The molecule has 0 unspecified atom stereocenters. The molecule has 1 aromatic heterocycles. The van der Waals surface area contributed by atoms with Crippen LogP contribution in [0.3, 0.4) is 0 Å². The molecule has 0 atom stereocenters. The highest BCUT2D eigenvalue weighted by atomic mass is 32.1. The Morgan fingerprint density at radius 3 is 2.57 bits per heavy atom. The number of carboxylic acid groups (broad SMARTS) is 2. The standard InChI is InChI=1S/C13H13N3O4S/c1-16-9-4-2-3-5-10(9)21-13(16)15-14-8(12(19)20)6-7-11(17)18/h2-5H,6-7H2,1H3,(H,17,18)(H,19,20)/b14-8-,15-13+. The van der Waals surface area contributed by atoms with Crippen molar-refractivity contribution < 1.29 is 19.8 Å². The number of aryl methyl sites for hydroxylation is 1. The first-order chi connectivity index (χ1) is 9.99. The zero-order valence-electron chi connectivity index (χ0n) is 11.2. The molecule has 1 aromatic carbocycles. The number of hydrogen-bond donors (Lipinski definition) is 2. The molecule has 0 radical (unpaired) electrons. The number of aromatic nitrogens is 1. The van der Waals surface area contributed by atoms with Crippen LogP contribution in [0.2, 0.25) is 0 Å². The van der Waals surface area contributed by atoms with Crippen molar-refractivity contribution in [1.29, 1.82) is 0 Å². The van der Waals surface area contributed by atoms with Gasteiger partial charge in [-0.3, -0.25) is 4.79 Å². The Balaban J connectivity index is 2.39. The Labute approximate surface area is 123 Å². The van der Waals surface area contributed by atoms with Gasteiger partial charge in [0, 0.05) is 13.5 Å². The van der Waals surface area contributed by atoms with E-state index in [9.17, 15) is 9.59 Å². The summed E-state index contributed by atoms with van der Waals surface area (Å²) < 4.78 is 2.82. The summed E-state index contributed by atoms with van der Waals surface area (Å²) in [6.45, 7) is 0. The van der Waals surface area contributed by atoms with Gasteiger partial charge in [0.15, 0.2) is 0 Å². The molecule has 0 aliphatic heterocycles. The Bertz CT molecular complexity index is 788. The van der Waals surface area contributed by atoms with Crippen molar-refractivity contribution in [3.8, 4) is 0 Å². The summed E-state index contributed by atoms with van der Waals surface area (Å²) in [4.78, 5) is 22.0. The van der Waals surface area contributed by atoms with Gasteiger partial charge in [0.25, 0.3) is 0 Å². The quantitative estimate of drug-likeness (QED) is 0.644. The van der Waals surface area contributed by atoms with Gasteiger partial charge in [0.05, 0.1) is 16.6 Å². The van der Waals surface area contributed by atoms with E-state index < -0.39 is 11.9 Å². The summed E-state index contributed by atoms with van der Waals surface area (Å²) in [6, 6.07) is 7.67. The second-order valence-electron chi connectivity index (χ2n) is 4.26. The molecule has 0 aliphatic carbocycles. The number of benzene rings is 1. The van der Waals surface area contributed by atoms with Gasteiger partial charge in [-0.1, -0.05) is 23.5 Å². The van der Waals surface area contributed by atoms with Crippen LogP contribution < -0.4 is 4.80 Å². The van der Waals surface area contributed by atoms with E-state index in [0.29, 0.717) is 4.80 Å². The van der Waals surface area contributed by atoms with Gasteiger partial charge in [-0.25, -0.2) is 4.79 Å². The van der Waals surface area contributed by atoms with Gasteiger partial charge < -0.3 is 14.8 Å². The van der Waals surface area contributed by atoms with E-state index in [0.717, 1.165) is 10.2 Å². The summed E-state index contributed by atoms with van der Waals surface area (Å²) in [7, 11) is 1.81. The van der Waals surface area contributed by atoms with Crippen LogP contribution in [0.15, 0.2) is 34.5 Å². The fourth-order valence-electron chi connectivity index (χ4n) is 1.71. The van der Waals surface area contributed by atoms with Crippen molar-refractivity contribution in [2.45, 2.75) is 12.8 Å². The molecular weight excluding hydrogens is 294 g/mol. The zero-order valence-corrected chi connectivity index (χ0v) is 12.0. The average molecular weight is 307 g/mol. The third-order valence-electron chi connectivity index (χ3n) is 2.79. The molecule has 21 heavy (non-hydrogen) atoms. The molecule has 2 aromatic rings. The maximum atomic E-state index is 11.0. The molecule has 0 fully saturated rings. The molecule has 0 spiro atoms. The summed E-state index contributed by atoms with van der Waals surface area (Å²) in [6.07, 6.45) is -0.456. The zero-order chi connectivity index (χ0) is 15.4. The fourth-order valence-corrected chi connectivity index (χ4v) is 2.68. The van der Waals surface area contributed by atoms with Gasteiger partial charge >= 0.3 is 11.9 Å². The van der Waals surface area contributed by atoms with Crippen molar-refractivity contribution in [2.75, 3.05) is 0 Å². The number of para-hydroxylation sites is 1. The van der Waals surface area contributed by atoms with Crippen molar-refractivity contribution in [1.82, 2.24) is 4.57 Å². The predicted molar refractivity (Wildman–Crippen MR) is 78.3 cm³/mol. The molecule has 110 valence electrons. The van der Waals surface area contributed by atoms with Gasteiger partial charge in [0.2, 0.25) is 4.80 Å². The Kier molecular flexibility index (Phi) is 4.49. The second kappa shape index (κ2) is 6.31. The number of thiazole rings is 1. The van der Waals surface area contributed by atoms with Crippen molar-refractivity contribution in [2.24, 2.45) is 17.3 Å². The van der Waals surface area contributed by atoms with Gasteiger partial charge in [-0.2, -0.15) is 0 Å². The summed E-state index contributed by atoms with van der Waals surface area (Å²) in [5.74, 6) is -2.33. The van der Waals surface area contributed by atoms with E-state index in [-0.39, 0.29) is 18.6 Å². The van der Waals surface area contributed by atoms with E-state index >= 15 is 0 Å². The minimum Gasteiger partial charge on any atom is -0.481 e. The van der Waals surface area contributed by atoms with Gasteiger partial charge in [0.1, 0.15) is 5.71 Å². The SMILES string of the molecule is Cn1/c(=N\N=C(\CCC(=O)O)C(=O)O)sc2ccccc21. The first-order valence-electron chi connectivity index (χ1n) is 6.09. The number of hydrogen-bond acceptors (Lipinski definition) is 5. The number of aliphatic carboxylic acids is 2. The average Bonchev–Trinajstić information content (AvgIpc) is 2.75. The van der Waals surface area contributed by atoms with Crippen LogP contribution in [-0.2, 0) is 16.6 Å². The number of carboxylic acids is 2. The lowest BCUT2D eigenvalue weighted by Crippen LogP contribution is -2.16. The fraction of sp³-hybridized carbons (Fsp3) is 0.231. The summed E-state index contributed by atoms with van der Waals surface area (Å²) in [5, 5.41) is 25.2. The summed E-state index contributed by atoms with van der Waals surface area (Å²) in [5.41, 5.74) is 0.703. The Morgan fingerprint density at radius 1 is 1.24 bits per heavy atom. The third kappa shape index (κ3) is 3.54. The highest BCUT2D eigenvalue weighted by Crippen LogP contribution is 2.15. The number of rotatable bonds is 5. The topological polar surface area (TPSA) is 104 Å². The first-order valence-corrected chi connectivity index (χ1v) is 6.91. The lowest BCUT2D eigenvalue weighted by atomic mass is 10.2. The molecule has 7 nitrogen and oxygen atoms in total. The Morgan fingerprint density at radius 2 is 1.95 bits per heavy atom. The molecular formula is C13H13N3O4S. The highest BCUT2D eigenvalue weighted by Gasteiger charge is 2.11. The molecule has 0 bridgehead atoms. The van der Waals surface area contributed by atoms with E-state index in [2.05, 4.69) is 10.2 Å². The van der Waals surface area contributed by atoms with Crippen molar-refractivity contribution in [3.63, 3.8) is 0 Å². The predicted octanol–water partition coefficient (Wildman–Crippen LogP) is 1.45. The molecule has 0 saturated heterocycles. The number of nitrogens with zero attached hydrogens (tertiary/aromatic N) is 3. The first kappa shape index (κ1) is 14.9. The maximum absolute atomic E-state index is 11.0. The lowest BCUT2D eigenvalue weighted by Gasteiger charge is -1.96. The van der Waals surface area contributed by atoms with E-state index in [4.69, 9.17) is 10.2 Å². The number of fused-ring (bicyclic) bond motifs is 1. The van der Waals surface area contributed by atoms with E-state index in [1.165, 1.54) is 11.3 Å². The molecule has 2 N–H and O–H groups in total. The van der Waals surface area contributed by atoms with Crippen LogP contribution in [0.5, 0.6) is 0 Å². The molecule has 1 heterocycles. The largest absolute Gasteiger partial charge is 0.481 e. The minimum absolute atomic E-state index is 0.164. The second-order valence-corrected chi connectivity index (χ2v) is 5.27. The molecule has 0 aliphatic rings. The van der Waals surface area contributed by atoms with Crippen molar-refractivity contribution >= 4 is 39.2 Å². The molecule has 8 heteroatoms.